The maximum Gasteiger partial charge on any atom is 0.223 e. The zero-order chi connectivity index (χ0) is 17.6. The summed E-state index contributed by atoms with van der Waals surface area (Å²) in [6.07, 6.45) is 5.92. The summed E-state index contributed by atoms with van der Waals surface area (Å²) in [4.78, 5) is 23.3. The number of thiazole rings is 1. The van der Waals surface area contributed by atoms with E-state index in [1.807, 2.05) is 19.3 Å². The maximum absolute atomic E-state index is 11.1. The first-order chi connectivity index (χ1) is 12.1. The molecule has 3 heterocycles. The number of carbonyl (C=O) groups excluding carboxylic acids is 1. The van der Waals surface area contributed by atoms with Crippen molar-refractivity contribution in [1.29, 1.82) is 0 Å². The van der Waals surface area contributed by atoms with Crippen LogP contribution < -0.4 is 10.6 Å². The second kappa shape index (κ2) is 8.51. The minimum absolute atomic E-state index is 0.0763. The third kappa shape index (κ3) is 5.59. The molecule has 25 heavy (non-hydrogen) atoms. The van der Waals surface area contributed by atoms with E-state index in [1.165, 1.54) is 17.4 Å². The van der Waals surface area contributed by atoms with Crippen LogP contribution in [0.1, 0.15) is 29.5 Å². The van der Waals surface area contributed by atoms with Crippen molar-refractivity contribution in [2.24, 2.45) is 0 Å². The molecule has 0 radical (unpaired) electrons. The fourth-order valence-corrected chi connectivity index (χ4v) is 4.08. The van der Waals surface area contributed by atoms with Gasteiger partial charge in [0.1, 0.15) is 0 Å². The molecule has 2 N–H and O–H groups in total. The SMILES string of the molecule is CC(=O)Nc1ncc(CN2CCCNC(Cc3ccnc(C)c3)C2)s1. The van der Waals surface area contributed by atoms with Gasteiger partial charge in [0, 0.05) is 49.0 Å². The lowest BCUT2D eigenvalue weighted by molar-refractivity contribution is -0.114. The fraction of sp³-hybridized carbons (Fsp3) is 0.500. The van der Waals surface area contributed by atoms with Crippen molar-refractivity contribution in [3.05, 3.63) is 40.7 Å². The van der Waals surface area contributed by atoms with E-state index in [2.05, 4.69) is 37.6 Å². The van der Waals surface area contributed by atoms with E-state index < -0.39 is 0 Å². The second-order valence-corrected chi connectivity index (χ2v) is 7.68. The summed E-state index contributed by atoms with van der Waals surface area (Å²) in [5.74, 6) is -0.0763. The maximum atomic E-state index is 11.1. The van der Waals surface area contributed by atoms with Crippen LogP contribution in [0, 0.1) is 6.92 Å². The van der Waals surface area contributed by atoms with E-state index >= 15 is 0 Å². The van der Waals surface area contributed by atoms with E-state index in [-0.39, 0.29) is 5.91 Å². The molecular weight excluding hydrogens is 334 g/mol. The van der Waals surface area contributed by atoms with Gasteiger partial charge in [0.15, 0.2) is 5.13 Å². The zero-order valence-electron chi connectivity index (χ0n) is 14.8. The number of nitrogens with zero attached hydrogens (tertiary/aromatic N) is 3. The van der Waals surface area contributed by atoms with Crippen molar-refractivity contribution in [2.75, 3.05) is 25.0 Å². The Morgan fingerprint density at radius 3 is 3.16 bits per heavy atom. The number of amides is 1. The first-order valence-corrected chi connectivity index (χ1v) is 9.50. The standard InChI is InChI=1S/C18H25N5OS/c1-13-8-15(4-6-19-13)9-16-11-23(7-3-5-20-16)12-17-10-21-18(25-17)22-14(2)24/h4,6,8,10,16,20H,3,5,7,9,11-12H2,1-2H3,(H,21,22,24). The Bertz CT molecular complexity index is 717. The molecule has 3 rings (SSSR count). The first kappa shape index (κ1) is 18.0. The number of aromatic nitrogens is 2. The second-order valence-electron chi connectivity index (χ2n) is 6.56. The van der Waals surface area contributed by atoms with Gasteiger partial charge >= 0.3 is 0 Å². The first-order valence-electron chi connectivity index (χ1n) is 8.68. The summed E-state index contributed by atoms with van der Waals surface area (Å²) in [5, 5.41) is 7.10. The number of nitrogens with one attached hydrogen (secondary N) is 2. The quantitative estimate of drug-likeness (QED) is 0.857. The van der Waals surface area contributed by atoms with Crippen LogP contribution in [-0.4, -0.2) is 46.5 Å². The van der Waals surface area contributed by atoms with Crippen molar-refractivity contribution in [3.63, 3.8) is 0 Å². The van der Waals surface area contributed by atoms with Crippen LogP contribution in [0.4, 0.5) is 5.13 Å². The minimum Gasteiger partial charge on any atom is -0.312 e. The highest BCUT2D eigenvalue weighted by Gasteiger charge is 2.19. The van der Waals surface area contributed by atoms with Crippen LogP contribution in [0.2, 0.25) is 0 Å². The van der Waals surface area contributed by atoms with Gasteiger partial charge in [-0.25, -0.2) is 4.98 Å². The molecular formula is C18H25N5OS. The Labute approximate surface area is 152 Å². The molecule has 1 atom stereocenters. The molecule has 0 saturated carbocycles. The van der Waals surface area contributed by atoms with Gasteiger partial charge in [-0.1, -0.05) is 0 Å². The Balaban J connectivity index is 1.59. The average molecular weight is 359 g/mol. The molecule has 0 spiro atoms. The van der Waals surface area contributed by atoms with Crippen molar-refractivity contribution in [3.8, 4) is 0 Å². The van der Waals surface area contributed by atoms with Crippen molar-refractivity contribution < 1.29 is 4.79 Å². The van der Waals surface area contributed by atoms with E-state index in [4.69, 9.17) is 0 Å². The van der Waals surface area contributed by atoms with Crippen LogP contribution in [-0.2, 0) is 17.8 Å². The van der Waals surface area contributed by atoms with Gasteiger partial charge < -0.3 is 10.6 Å². The van der Waals surface area contributed by atoms with Gasteiger partial charge in [0.2, 0.25) is 5.91 Å². The smallest absolute Gasteiger partial charge is 0.223 e. The van der Waals surface area contributed by atoms with Crippen molar-refractivity contribution >= 4 is 22.4 Å². The lowest BCUT2D eigenvalue weighted by Gasteiger charge is -2.24. The molecule has 0 bridgehead atoms. The van der Waals surface area contributed by atoms with Gasteiger partial charge in [0.05, 0.1) is 0 Å². The highest BCUT2D eigenvalue weighted by atomic mass is 32.1. The summed E-state index contributed by atoms with van der Waals surface area (Å²) < 4.78 is 0. The largest absolute Gasteiger partial charge is 0.312 e. The molecule has 2 aromatic rings. The number of hydrogen-bond donors (Lipinski definition) is 2. The van der Waals surface area contributed by atoms with Crippen LogP contribution >= 0.6 is 11.3 Å². The average Bonchev–Trinajstić information content (AvgIpc) is 2.85. The third-order valence-electron chi connectivity index (χ3n) is 4.22. The molecule has 1 fully saturated rings. The van der Waals surface area contributed by atoms with Gasteiger partial charge in [-0.05, 0) is 50.6 Å². The molecule has 1 amide bonds. The molecule has 1 unspecified atom stereocenters. The Kier molecular flexibility index (Phi) is 6.12. The Morgan fingerprint density at radius 2 is 2.36 bits per heavy atom. The van der Waals surface area contributed by atoms with Crippen LogP contribution in [0.15, 0.2) is 24.5 Å². The Morgan fingerprint density at radius 1 is 1.48 bits per heavy atom. The summed E-state index contributed by atoms with van der Waals surface area (Å²) >= 11 is 1.56. The third-order valence-corrected chi connectivity index (χ3v) is 5.12. The topological polar surface area (TPSA) is 70.2 Å². The lowest BCUT2D eigenvalue weighted by atomic mass is 10.1. The molecule has 0 aromatic carbocycles. The molecule has 2 aromatic heterocycles. The van der Waals surface area contributed by atoms with Gasteiger partial charge in [-0.2, -0.15) is 0 Å². The molecule has 134 valence electrons. The highest BCUT2D eigenvalue weighted by Crippen LogP contribution is 2.20. The van der Waals surface area contributed by atoms with E-state index in [0.29, 0.717) is 11.2 Å². The predicted molar refractivity (Wildman–Crippen MR) is 101 cm³/mol. The molecule has 7 heteroatoms. The summed E-state index contributed by atoms with van der Waals surface area (Å²) in [6.45, 7) is 7.55. The lowest BCUT2D eigenvalue weighted by Crippen LogP contribution is -2.38. The normalized spacial score (nSPS) is 18.7. The number of hydrogen-bond acceptors (Lipinski definition) is 6. The predicted octanol–water partition coefficient (Wildman–Crippen LogP) is 2.21. The van der Waals surface area contributed by atoms with Crippen LogP contribution in [0.3, 0.4) is 0 Å². The van der Waals surface area contributed by atoms with Gasteiger partial charge in [-0.3, -0.25) is 14.7 Å². The monoisotopic (exact) mass is 359 g/mol. The zero-order valence-corrected chi connectivity index (χ0v) is 15.6. The van der Waals surface area contributed by atoms with Crippen LogP contribution in [0.25, 0.3) is 0 Å². The van der Waals surface area contributed by atoms with Gasteiger partial charge in [-0.15, -0.1) is 11.3 Å². The summed E-state index contributed by atoms with van der Waals surface area (Å²) in [6, 6.07) is 4.71. The number of rotatable bonds is 5. The molecule has 1 saturated heterocycles. The van der Waals surface area contributed by atoms with Crippen molar-refractivity contribution in [2.45, 2.75) is 39.3 Å². The number of carbonyl (C=O) groups is 1. The molecule has 1 aliphatic heterocycles. The fourth-order valence-electron chi connectivity index (χ4n) is 3.18. The molecule has 1 aliphatic rings. The summed E-state index contributed by atoms with van der Waals surface area (Å²) in [7, 11) is 0. The van der Waals surface area contributed by atoms with Crippen molar-refractivity contribution in [1.82, 2.24) is 20.2 Å². The highest BCUT2D eigenvalue weighted by molar-refractivity contribution is 7.15. The van der Waals surface area contributed by atoms with Gasteiger partial charge in [0.25, 0.3) is 0 Å². The van der Waals surface area contributed by atoms with Crippen LogP contribution in [0.5, 0.6) is 0 Å². The van der Waals surface area contributed by atoms with E-state index in [0.717, 1.165) is 44.7 Å². The molecule has 6 nitrogen and oxygen atoms in total. The Hall–Kier alpha value is -1.83. The number of anilines is 1. The summed E-state index contributed by atoms with van der Waals surface area (Å²) in [5.41, 5.74) is 2.40. The minimum atomic E-state index is -0.0763. The molecule has 0 aliphatic carbocycles. The number of aryl methyl sites for hydroxylation is 1. The van der Waals surface area contributed by atoms with E-state index in [9.17, 15) is 4.79 Å². The number of pyridine rings is 1. The van der Waals surface area contributed by atoms with E-state index in [1.54, 1.807) is 11.3 Å².